The lowest BCUT2D eigenvalue weighted by Gasteiger charge is -2.43. The number of hydrogen-bond donors (Lipinski definition) is 1. The molecule has 3 rings (SSSR count). The van der Waals surface area contributed by atoms with Crippen LogP contribution in [0.25, 0.3) is 0 Å². The van der Waals surface area contributed by atoms with Crippen LogP contribution in [-0.4, -0.2) is 50.9 Å². The molecule has 1 aromatic carbocycles. The van der Waals surface area contributed by atoms with Gasteiger partial charge in [0.1, 0.15) is 5.75 Å². The first-order chi connectivity index (χ1) is 11.3. The van der Waals surface area contributed by atoms with Crippen LogP contribution in [0.15, 0.2) is 29.2 Å². The fraction of sp³-hybridized carbons (Fsp3) is 0.667. The first-order valence-corrected chi connectivity index (χ1v) is 9.50. The Morgan fingerprint density at radius 3 is 2.74 bits per heavy atom. The van der Waals surface area contributed by atoms with Crippen molar-refractivity contribution in [3.05, 3.63) is 24.3 Å². The van der Waals surface area contributed by atoms with E-state index < -0.39 is 0 Å². The lowest BCUT2D eigenvalue weighted by molar-refractivity contribution is -0.140. The molecule has 0 bridgehead atoms. The van der Waals surface area contributed by atoms with Crippen LogP contribution in [0.2, 0.25) is 0 Å². The van der Waals surface area contributed by atoms with Crippen molar-refractivity contribution in [2.75, 3.05) is 39.2 Å². The third-order valence-corrected chi connectivity index (χ3v) is 5.77. The van der Waals surface area contributed by atoms with Crippen LogP contribution in [0.3, 0.4) is 0 Å². The van der Waals surface area contributed by atoms with Gasteiger partial charge in [0.2, 0.25) is 0 Å². The van der Waals surface area contributed by atoms with Crippen molar-refractivity contribution in [1.29, 1.82) is 0 Å². The van der Waals surface area contributed by atoms with Crippen molar-refractivity contribution in [3.63, 3.8) is 0 Å². The Morgan fingerprint density at radius 2 is 2.00 bits per heavy atom. The van der Waals surface area contributed by atoms with Crippen LogP contribution in [0, 0.1) is 0 Å². The molecular weight excluding hydrogens is 310 g/mol. The summed E-state index contributed by atoms with van der Waals surface area (Å²) >= 11 is 1.89. The highest BCUT2D eigenvalue weighted by Gasteiger charge is 2.38. The zero-order chi connectivity index (χ0) is 16.0. The maximum absolute atomic E-state index is 6.10. The molecule has 2 heterocycles. The summed E-state index contributed by atoms with van der Waals surface area (Å²) in [5.41, 5.74) is 0.0806. The Balaban J connectivity index is 1.38. The molecule has 128 valence electrons. The molecule has 2 saturated heterocycles. The first-order valence-electron chi connectivity index (χ1n) is 8.52. The number of rotatable bonds is 6. The first kappa shape index (κ1) is 17.1. The number of thioether (sulfide) groups is 1. The van der Waals surface area contributed by atoms with Gasteiger partial charge in [0, 0.05) is 43.1 Å². The number of hydrogen-bond acceptors (Lipinski definition) is 5. The largest absolute Gasteiger partial charge is 0.497 e. The molecule has 0 aliphatic carbocycles. The van der Waals surface area contributed by atoms with E-state index in [0.29, 0.717) is 6.04 Å². The van der Waals surface area contributed by atoms with E-state index in [-0.39, 0.29) is 5.60 Å². The van der Waals surface area contributed by atoms with Gasteiger partial charge < -0.3 is 19.5 Å². The average Bonchev–Trinajstić information content (AvgIpc) is 2.60. The van der Waals surface area contributed by atoms with Gasteiger partial charge in [0.15, 0.2) is 0 Å². The molecule has 0 amide bonds. The van der Waals surface area contributed by atoms with Crippen molar-refractivity contribution in [1.82, 2.24) is 5.32 Å². The zero-order valence-electron chi connectivity index (χ0n) is 13.9. The molecule has 1 N–H and O–H groups in total. The molecule has 4 nitrogen and oxygen atoms in total. The highest BCUT2D eigenvalue weighted by molar-refractivity contribution is 7.99. The van der Waals surface area contributed by atoms with Gasteiger partial charge in [-0.1, -0.05) is 0 Å². The van der Waals surface area contributed by atoms with Gasteiger partial charge >= 0.3 is 0 Å². The molecule has 0 saturated carbocycles. The predicted molar refractivity (Wildman–Crippen MR) is 93.5 cm³/mol. The third kappa shape index (κ3) is 4.86. The van der Waals surface area contributed by atoms with E-state index >= 15 is 0 Å². The van der Waals surface area contributed by atoms with Crippen LogP contribution < -0.4 is 10.1 Å². The summed E-state index contributed by atoms with van der Waals surface area (Å²) in [4.78, 5) is 1.29. The molecule has 0 radical (unpaired) electrons. The van der Waals surface area contributed by atoms with Crippen LogP contribution in [0.1, 0.15) is 25.7 Å². The third-order valence-electron chi connectivity index (χ3n) is 4.76. The van der Waals surface area contributed by atoms with E-state index in [1.165, 1.54) is 4.90 Å². The predicted octanol–water partition coefficient (Wildman–Crippen LogP) is 3.11. The zero-order valence-corrected chi connectivity index (χ0v) is 14.7. The Morgan fingerprint density at radius 1 is 1.22 bits per heavy atom. The minimum absolute atomic E-state index is 0.0806. The number of benzene rings is 1. The van der Waals surface area contributed by atoms with Gasteiger partial charge in [0.25, 0.3) is 0 Å². The summed E-state index contributed by atoms with van der Waals surface area (Å²) in [6, 6.07) is 8.86. The normalized spacial score (nSPS) is 23.8. The molecule has 5 heteroatoms. The molecule has 1 unspecified atom stereocenters. The summed E-state index contributed by atoms with van der Waals surface area (Å²) in [6.07, 6.45) is 4.34. The SMILES string of the molecule is COc1ccc(SCCNC2CCOC3(CCOCC3)C2)cc1. The lowest BCUT2D eigenvalue weighted by atomic mass is 9.84. The number of methoxy groups -OCH3 is 1. The summed E-state index contributed by atoms with van der Waals surface area (Å²) < 4.78 is 16.8. The van der Waals surface area contributed by atoms with Gasteiger partial charge in [-0.2, -0.15) is 0 Å². The summed E-state index contributed by atoms with van der Waals surface area (Å²) in [6.45, 7) is 3.61. The fourth-order valence-electron chi connectivity index (χ4n) is 3.40. The minimum Gasteiger partial charge on any atom is -0.497 e. The van der Waals surface area contributed by atoms with Gasteiger partial charge in [-0.05, 0) is 49.9 Å². The second kappa shape index (κ2) is 8.38. The van der Waals surface area contributed by atoms with E-state index in [9.17, 15) is 0 Å². The topological polar surface area (TPSA) is 39.7 Å². The van der Waals surface area contributed by atoms with Gasteiger partial charge in [-0.25, -0.2) is 0 Å². The number of nitrogens with one attached hydrogen (secondary N) is 1. The summed E-state index contributed by atoms with van der Waals surface area (Å²) in [7, 11) is 1.70. The molecule has 23 heavy (non-hydrogen) atoms. The second-order valence-electron chi connectivity index (χ2n) is 6.31. The van der Waals surface area contributed by atoms with Crippen molar-refractivity contribution >= 4 is 11.8 Å². The molecule has 2 aliphatic rings. The molecule has 1 atom stereocenters. The monoisotopic (exact) mass is 337 g/mol. The maximum Gasteiger partial charge on any atom is 0.118 e. The number of ether oxygens (including phenoxy) is 3. The fourth-order valence-corrected chi connectivity index (χ4v) is 4.18. The average molecular weight is 337 g/mol. The van der Waals surface area contributed by atoms with E-state index in [4.69, 9.17) is 14.2 Å². The van der Waals surface area contributed by atoms with E-state index in [1.807, 2.05) is 23.9 Å². The van der Waals surface area contributed by atoms with E-state index in [2.05, 4.69) is 17.4 Å². The van der Waals surface area contributed by atoms with Crippen molar-refractivity contribution in [3.8, 4) is 5.75 Å². The second-order valence-corrected chi connectivity index (χ2v) is 7.48. The van der Waals surface area contributed by atoms with Gasteiger partial charge in [0.05, 0.1) is 12.7 Å². The quantitative estimate of drug-likeness (QED) is 0.638. The van der Waals surface area contributed by atoms with Crippen LogP contribution >= 0.6 is 11.8 Å². The highest BCUT2D eigenvalue weighted by Crippen LogP contribution is 2.34. The van der Waals surface area contributed by atoms with E-state index in [0.717, 1.165) is 63.6 Å². The summed E-state index contributed by atoms with van der Waals surface area (Å²) in [5, 5.41) is 3.72. The molecule has 2 fully saturated rings. The lowest BCUT2D eigenvalue weighted by Crippen LogP contribution is -2.50. The minimum atomic E-state index is 0.0806. The smallest absolute Gasteiger partial charge is 0.118 e. The molecule has 1 aromatic rings. The van der Waals surface area contributed by atoms with Crippen LogP contribution in [-0.2, 0) is 9.47 Å². The van der Waals surface area contributed by atoms with Crippen LogP contribution in [0.5, 0.6) is 5.75 Å². The van der Waals surface area contributed by atoms with Crippen molar-refractivity contribution in [2.45, 2.75) is 42.2 Å². The molecule has 1 spiro atoms. The van der Waals surface area contributed by atoms with Gasteiger partial charge in [-0.15, -0.1) is 11.8 Å². The van der Waals surface area contributed by atoms with Crippen molar-refractivity contribution < 1.29 is 14.2 Å². The Kier molecular flexibility index (Phi) is 6.22. The molecule has 2 aliphatic heterocycles. The summed E-state index contributed by atoms with van der Waals surface area (Å²) in [5.74, 6) is 2.00. The van der Waals surface area contributed by atoms with Gasteiger partial charge in [-0.3, -0.25) is 0 Å². The highest BCUT2D eigenvalue weighted by atomic mass is 32.2. The molecular formula is C18H27NO3S. The Hall–Kier alpha value is -0.750. The standard InChI is InChI=1S/C18H27NO3S/c1-20-16-2-4-17(5-3-16)23-13-9-19-15-6-10-22-18(14-15)7-11-21-12-8-18/h2-5,15,19H,6-14H2,1H3. The molecule has 0 aromatic heterocycles. The van der Waals surface area contributed by atoms with Crippen molar-refractivity contribution in [2.24, 2.45) is 0 Å². The maximum atomic E-state index is 6.10. The Labute approximate surface area is 143 Å². The van der Waals surface area contributed by atoms with E-state index in [1.54, 1.807) is 7.11 Å². The van der Waals surface area contributed by atoms with Crippen LogP contribution in [0.4, 0.5) is 0 Å². The Bertz CT molecular complexity index is 468.